The molecular formula is C26H32O5. The van der Waals surface area contributed by atoms with Crippen LogP contribution in [0.1, 0.15) is 72.6 Å². The molecule has 0 bridgehead atoms. The van der Waals surface area contributed by atoms with Crippen LogP contribution < -0.4 is 0 Å². The molecule has 2 aliphatic carbocycles. The Kier molecular flexibility index (Phi) is 5.84. The third kappa shape index (κ3) is 3.61. The summed E-state index contributed by atoms with van der Waals surface area (Å²) in [4.78, 5) is 27.4. The highest BCUT2D eigenvalue weighted by atomic mass is 16.7. The molecule has 0 amide bonds. The second-order valence-corrected chi connectivity index (χ2v) is 9.57. The fraction of sp³-hybridized carbons (Fsp3) is 0.615. The van der Waals surface area contributed by atoms with E-state index in [1.807, 2.05) is 19.1 Å². The lowest BCUT2D eigenvalue weighted by atomic mass is 9.52. The van der Waals surface area contributed by atoms with Gasteiger partial charge in [0.15, 0.2) is 17.9 Å². The number of carbonyl (C=O) groups is 2. The van der Waals surface area contributed by atoms with Crippen LogP contribution in [0.3, 0.4) is 0 Å². The number of hydrogen-bond donors (Lipinski definition) is 0. The minimum atomic E-state index is -0.839. The number of fused-ring (bicyclic) bond motifs is 4. The van der Waals surface area contributed by atoms with Crippen molar-refractivity contribution in [1.29, 1.82) is 0 Å². The SMILES string of the molecule is C[C@]12C(=O)c3ccccc3C(=O)[C@H]1[C@@H](CCCO[C@H]1CCCCO1)C=C1CCCO[C@H]12. The van der Waals surface area contributed by atoms with Gasteiger partial charge >= 0.3 is 0 Å². The predicted octanol–water partition coefficient (Wildman–Crippen LogP) is 4.75. The maximum absolute atomic E-state index is 13.8. The summed E-state index contributed by atoms with van der Waals surface area (Å²) >= 11 is 0. The smallest absolute Gasteiger partial charge is 0.173 e. The third-order valence-corrected chi connectivity index (χ3v) is 7.61. The van der Waals surface area contributed by atoms with Crippen molar-refractivity contribution < 1.29 is 23.8 Å². The minimum absolute atomic E-state index is 0.0265. The van der Waals surface area contributed by atoms with Crippen LogP contribution in [0.4, 0.5) is 0 Å². The average Bonchev–Trinajstić information content (AvgIpc) is 2.81. The van der Waals surface area contributed by atoms with Crippen LogP contribution in [0.2, 0.25) is 0 Å². The van der Waals surface area contributed by atoms with Gasteiger partial charge in [0.2, 0.25) is 0 Å². The van der Waals surface area contributed by atoms with Crippen molar-refractivity contribution in [3.05, 3.63) is 47.0 Å². The summed E-state index contributed by atoms with van der Waals surface area (Å²) in [6.07, 6.45) is 8.66. The Hall–Kier alpha value is -1.82. The highest BCUT2D eigenvalue weighted by Gasteiger charge is 2.60. The van der Waals surface area contributed by atoms with Crippen LogP contribution in [-0.4, -0.2) is 43.8 Å². The van der Waals surface area contributed by atoms with Crippen molar-refractivity contribution >= 4 is 11.6 Å². The Balaban J connectivity index is 1.40. The fourth-order valence-corrected chi connectivity index (χ4v) is 6.13. The van der Waals surface area contributed by atoms with E-state index < -0.39 is 5.41 Å². The number of ketones is 2. The molecule has 0 N–H and O–H groups in total. The highest BCUT2D eigenvalue weighted by molar-refractivity contribution is 6.18. The van der Waals surface area contributed by atoms with E-state index in [1.54, 1.807) is 12.1 Å². The summed E-state index contributed by atoms with van der Waals surface area (Å²) in [7, 11) is 0. The Morgan fingerprint density at radius 2 is 1.87 bits per heavy atom. The van der Waals surface area contributed by atoms with E-state index in [0.29, 0.717) is 24.3 Å². The van der Waals surface area contributed by atoms with Gasteiger partial charge in [-0.3, -0.25) is 9.59 Å². The first-order valence-electron chi connectivity index (χ1n) is 11.8. The quantitative estimate of drug-likeness (QED) is 0.504. The van der Waals surface area contributed by atoms with E-state index in [9.17, 15) is 9.59 Å². The second-order valence-electron chi connectivity index (χ2n) is 9.57. The molecule has 5 nitrogen and oxygen atoms in total. The van der Waals surface area contributed by atoms with Crippen molar-refractivity contribution in [2.45, 2.75) is 64.3 Å². The summed E-state index contributed by atoms with van der Waals surface area (Å²) in [5.74, 6) is -0.211. The van der Waals surface area contributed by atoms with Crippen LogP contribution in [-0.2, 0) is 14.2 Å². The van der Waals surface area contributed by atoms with Gasteiger partial charge in [-0.2, -0.15) is 0 Å². The van der Waals surface area contributed by atoms with Crippen LogP contribution in [0, 0.1) is 17.3 Å². The van der Waals surface area contributed by atoms with E-state index in [0.717, 1.165) is 51.6 Å². The van der Waals surface area contributed by atoms with E-state index in [2.05, 4.69) is 6.08 Å². The molecule has 0 aromatic heterocycles. The van der Waals surface area contributed by atoms with Gasteiger partial charge in [0.25, 0.3) is 0 Å². The molecule has 31 heavy (non-hydrogen) atoms. The largest absolute Gasteiger partial charge is 0.373 e. The molecule has 5 rings (SSSR count). The van der Waals surface area contributed by atoms with Gasteiger partial charge in [-0.15, -0.1) is 0 Å². The average molecular weight is 425 g/mol. The number of hydrogen-bond acceptors (Lipinski definition) is 5. The fourth-order valence-electron chi connectivity index (χ4n) is 6.13. The molecule has 2 heterocycles. The normalized spacial score (nSPS) is 35.1. The molecule has 2 aliphatic heterocycles. The molecule has 5 atom stereocenters. The first-order chi connectivity index (χ1) is 15.1. The zero-order chi connectivity index (χ0) is 21.4. The van der Waals surface area contributed by atoms with E-state index in [-0.39, 0.29) is 35.8 Å². The molecule has 1 aromatic carbocycles. The third-order valence-electron chi connectivity index (χ3n) is 7.61. The molecule has 2 fully saturated rings. The van der Waals surface area contributed by atoms with Gasteiger partial charge in [0.1, 0.15) is 0 Å². The standard InChI is InChI=1S/C26H32O5/c1-26-22(23(27)19-10-2-3-11-20(19)24(26)28)17(16-18-9-7-15-31-25(18)26)8-6-14-30-21-12-4-5-13-29-21/h2-3,10-11,16-17,21-22,25H,4-9,12-15H2,1H3/t17-,21-,22+,25+,26+/m0/s1. The Bertz CT molecular complexity index is 884. The summed E-state index contributed by atoms with van der Waals surface area (Å²) in [5.41, 5.74) is 1.48. The van der Waals surface area contributed by atoms with Crippen LogP contribution >= 0.6 is 0 Å². The Morgan fingerprint density at radius 3 is 2.68 bits per heavy atom. The maximum Gasteiger partial charge on any atom is 0.173 e. The van der Waals surface area contributed by atoms with Crippen molar-refractivity contribution in [2.24, 2.45) is 17.3 Å². The Morgan fingerprint density at radius 1 is 1.06 bits per heavy atom. The van der Waals surface area contributed by atoms with Gasteiger partial charge in [-0.05, 0) is 63.4 Å². The van der Waals surface area contributed by atoms with Gasteiger partial charge in [-0.1, -0.05) is 30.3 Å². The van der Waals surface area contributed by atoms with Gasteiger partial charge in [-0.25, -0.2) is 0 Å². The molecule has 166 valence electrons. The predicted molar refractivity (Wildman–Crippen MR) is 116 cm³/mol. The second kappa shape index (κ2) is 8.61. The van der Waals surface area contributed by atoms with Crippen LogP contribution in [0.5, 0.6) is 0 Å². The molecule has 1 aromatic rings. The van der Waals surface area contributed by atoms with Crippen LogP contribution in [0.15, 0.2) is 35.9 Å². The van der Waals surface area contributed by atoms with E-state index in [1.165, 1.54) is 5.57 Å². The molecular weight excluding hydrogens is 392 g/mol. The summed E-state index contributed by atoms with van der Waals surface area (Å²) in [6.45, 7) is 4.01. The summed E-state index contributed by atoms with van der Waals surface area (Å²) in [6, 6.07) is 7.29. The molecule has 5 heteroatoms. The topological polar surface area (TPSA) is 61.8 Å². The lowest BCUT2D eigenvalue weighted by molar-refractivity contribution is -0.163. The zero-order valence-electron chi connectivity index (χ0n) is 18.3. The van der Waals surface area contributed by atoms with Crippen LogP contribution in [0.25, 0.3) is 0 Å². The molecule has 4 aliphatic rings. The first-order valence-corrected chi connectivity index (χ1v) is 11.8. The zero-order valence-corrected chi connectivity index (χ0v) is 18.3. The number of carbonyl (C=O) groups excluding carboxylic acids is 2. The first kappa shape index (κ1) is 21.0. The molecule has 0 radical (unpaired) electrons. The monoisotopic (exact) mass is 424 g/mol. The van der Waals surface area contributed by atoms with Crippen molar-refractivity contribution in [1.82, 2.24) is 0 Å². The maximum atomic E-state index is 13.8. The molecule has 2 saturated heterocycles. The summed E-state index contributed by atoms with van der Waals surface area (Å²) < 4.78 is 17.7. The number of ether oxygens (including phenoxy) is 3. The summed E-state index contributed by atoms with van der Waals surface area (Å²) in [5, 5.41) is 0. The number of rotatable bonds is 5. The minimum Gasteiger partial charge on any atom is -0.373 e. The number of Topliss-reactive ketones (excluding diaryl/α,β-unsaturated/α-hetero) is 2. The van der Waals surface area contributed by atoms with Gasteiger partial charge in [0, 0.05) is 36.9 Å². The van der Waals surface area contributed by atoms with E-state index in [4.69, 9.17) is 14.2 Å². The molecule has 0 unspecified atom stereocenters. The lowest BCUT2D eigenvalue weighted by Gasteiger charge is -2.52. The van der Waals surface area contributed by atoms with Crippen molar-refractivity contribution in [3.8, 4) is 0 Å². The Labute approximate surface area is 184 Å². The molecule has 0 spiro atoms. The van der Waals surface area contributed by atoms with Crippen molar-refractivity contribution in [3.63, 3.8) is 0 Å². The molecule has 0 saturated carbocycles. The van der Waals surface area contributed by atoms with Gasteiger partial charge < -0.3 is 14.2 Å². The number of benzene rings is 1. The van der Waals surface area contributed by atoms with Gasteiger partial charge in [0.05, 0.1) is 11.5 Å². The van der Waals surface area contributed by atoms with Crippen molar-refractivity contribution in [2.75, 3.05) is 19.8 Å². The number of allylic oxidation sites excluding steroid dienone is 1. The highest BCUT2D eigenvalue weighted by Crippen LogP contribution is 2.54. The lowest BCUT2D eigenvalue weighted by Crippen LogP contribution is -2.58. The van der Waals surface area contributed by atoms with E-state index >= 15 is 0 Å².